The van der Waals surface area contributed by atoms with Gasteiger partial charge in [0.05, 0.1) is 29.6 Å². The molecule has 1 unspecified atom stereocenters. The minimum absolute atomic E-state index is 0.000423. The summed E-state index contributed by atoms with van der Waals surface area (Å²) in [6.45, 7) is 6.46. The van der Waals surface area contributed by atoms with Gasteiger partial charge >= 0.3 is 0 Å². The highest BCUT2D eigenvalue weighted by Gasteiger charge is 2.30. The van der Waals surface area contributed by atoms with Gasteiger partial charge in [-0.25, -0.2) is 0 Å². The lowest BCUT2D eigenvalue weighted by Gasteiger charge is -2.35. The maximum absolute atomic E-state index is 13.3. The van der Waals surface area contributed by atoms with Crippen molar-refractivity contribution in [3.05, 3.63) is 83.2 Å². The lowest BCUT2D eigenvalue weighted by molar-refractivity contribution is 0.0776. The summed E-state index contributed by atoms with van der Waals surface area (Å²) < 4.78 is 5.88. The van der Waals surface area contributed by atoms with Crippen LogP contribution in [0.15, 0.2) is 60.8 Å². The van der Waals surface area contributed by atoms with Crippen LogP contribution in [0.2, 0.25) is 0 Å². The van der Waals surface area contributed by atoms with Gasteiger partial charge in [0.15, 0.2) is 0 Å². The molecule has 1 atom stereocenters. The minimum Gasteiger partial charge on any atom is -0.491 e. The Morgan fingerprint density at radius 3 is 2.73 bits per heavy atom. The lowest BCUT2D eigenvalue weighted by atomic mass is 9.96. The predicted octanol–water partition coefficient (Wildman–Crippen LogP) is 5.20. The molecule has 1 aliphatic rings. The van der Waals surface area contributed by atoms with Gasteiger partial charge in [-0.15, -0.1) is 0 Å². The molecule has 3 aromatic rings. The zero-order valence-electron chi connectivity index (χ0n) is 19.8. The van der Waals surface area contributed by atoms with E-state index in [0.29, 0.717) is 12.1 Å². The molecule has 1 aliphatic heterocycles. The number of piperidine rings is 1. The molecular weight excluding hydrogens is 412 g/mol. The van der Waals surface area contributed by atoms with Crippen LogP contribution in [-0.4, -0.2) is 45.6 Å². The number of aromatic nitrogens is 2. The van der Waals surface area contributed by atoms with Gasteiger partial charge in [-0.3, -0.25) is 14.8 Å². The zero-order chi connectivity index (χ0) is 23.2. The molecule has 0 bridgehead atoms. The first kappa shape index (κ1) is 23.1. The van der Waals surface area contributed by atoms with E-state index in [1.807, 2.05) is 57.3 Å². The van der Waals surface area contributed by atoms with E-state index in [1.165, 1.54) is 5.56 Å². The zero-order valence-corrected chi connectivity index (χ0v) is 19.8. The Bertz CT molecular complexity index is 1050. The number of ether oxygens (including phenoxy) is 1. The molecule has 0 radical (unpaired) electrons. The van der Waals surface area contributed by atoms with Crippen molar-refractivity contribution in [3.8, 4) is 5.75 Å². The van der Waals surface area contributed by atoms with Crippen molar-refractivity contribution in [3.63, 3.8) is 0 Å². The maximum Gasteiger partial charge on any atom is 0.257 e. The van der Waals surface area contributed by atoms with Gasteiger partial charge in [0.2, 0.25) is 0 Å². The molecular formula is C27H34N4O2. The fourth-order valence-electron chi connectivity index (χ4n) is 4.59. The van der Waals surface area contributed by atoms with Crippen LogP contribution in [-0.2, 0) is 13.1 Å². The van der Waals surface area contributed by atoms with Gasteiger partial charge in [-0.2, -0.15) is 5.10 Å². The van der Waals surface area contributed by atoms with Crippen LogP contribution in [0.4, 0.5) is 0 Å². The van der Waals surface area contributed by atoms with E-state index in [2.05, 4.69) is 33.3 Å². The van der Waals surface area contributed by atoms with E-state index < -0.39 is 0 Å². The number of carbonyl (C=O) groups is 1. The van der Waals surface area contributed by atoms with E-state index in [-0.39, 0.29) is 18.1 Å². The third kappa shape index (κ3) is 5.82. The number of H-pyrrole nitrogens is 1. The summed E-state index contributed by atoms with van der Waals surface area (Å²) in [4.78, 5) is 17.5. The van der Waals surface area contributed by atoms with Gasteiger partial charge in [-0.05, 0) is 56.5 Å². The Morgan fingerprint density at radius 2 is 1.94 bits per heavy atom. The fraction of sp³-hybridized carbons (Fsp3) is 0.407. The average molecular weight is 447 g/mol. The normalized spacial score (nSPS) is 16.7. The highest BCUT2D eigenvalue weighted by Crippen LogP contribution is 2.33. The SMILES string of the molecule is CC(C)Oc1cccc(CN2CCCCC2c2[nH]ncc2C(=O)N(C)Cc2ccccc2)c1. The number of amides is 1. The summed E-state index contributed by atoms with van der Waals surface area (Å²) in [5, 5.41) is 7.44. The van der Waals surface area contributed by atoms with E-state index in [4.69, 9.17) is 4.74 Å². The number of carbonyl (C=O) groups excluding carboxylic acids is 1. The molecule has 1 amide bonds. The first-order valence-electron chi connectivity index (χ1n) is 11.8. The number of benzene rings is 2. The van der Waals surface area contributed by atoms with Gasteiger partial charge in [-0.1, -0.05) is 48.9 Å². The number of likely N-dealkylation sites (tertiary alicyclic amines) is 1. The van der Waals surface area contributed by atoms with Crippen molar-refractivity contribution in [2.45, 2.75) is 58.3 Å². The third-order valence-corrected chi connectivity index (χ3v) is 6.11. The molecule has 1 saturated heterocycles. The predicted molar refractivity (Wildman–Crippen MR) is 130 cm³/mol. The molecule has 0 spiro atoms. The molecule has 4 rings (SSSR count). The first-order valence-corrected chi connectivity index (χ1v) is 11.8. The van der Waals surface area contributed by atoms with Crippen molar-refractivity contribution in [1.29, 1.82) is 0 Å². The Morgan fingerprint density at radius 1 is 1.15 bits per heavy atom. The van der Waals surface area contributed by atoms with Crippen LogP contribution < -0.4 is 4.74 Å². The van der Waals surface area contributed by atoms with Crippen LogP contribution in [0.1, 0.15) is 66.3 Å². The largest absolute Gasteiger partial charge is 0.491 e. The fourth-order valence-corrected chi connectivity index (χ4v) is 4.59. The number of aromatic amines is 1. The number of hydrogen-bond acceptors (Lipinski definition) is 4. The molecule has 174 valence electrons. The highest BCUT2D eigenvalue weighted by molar-refractivity contribution is 5.95. The molecule has 0 saturated carbocycles. The Hall–Kier alpha value is -3.12. The van der Waals surface area contributed by atoms with Gasteiger partial charge in [0, 0.05) is 20.1 Å². The molecule has 1 N–H and O–H groups in total. The number of rotatable bonds is 8. The second-order valence-electron chi connectivity index (χ2n) is 9.14. The molecule has 2 aromatic carbocycles. The summed E-state index contributed by atoms with van der Waals surface area (Å²) in [6, 6.07) is 18.5. The number of nitrogens with zero attached hydrogens (tertiary/aromatic N) is 3. The van der Waals surface area contributed by atoms with Crippen molar-refractivity contribution in [1.82, 2.24) is 20.0 Å². The van der Waals surface area contributed by atoms with E-state index in [9.17, 15) is 4.79 Å². The van der Waals surface area contributed by atoms with Crippen LogP contribution >= 0.6 is 0 Å². The van der Waals surface area contributed by atoms with Crippen LogP contribution in [0.3, 0.4) is 0 Å². The molecule has 6 nitrogen and oxygen atoms in total. The Labute approximate surface area is 196 Å². The summed E-state index contributed by atoms with van der Waals surface area (Å²) in [6.07, 6.45) is 5.14. The topological polar surface area (TPSA) is 61.5 Å². The monoisotopic (exact) mass is 446 g/mol. The minimum atomic E-state index is 0.000423. The van der Waals surface area contributed by atoms with E-state index in [1.54, 1.807) is 11.1 Å². The second kappa shape index (κ2) is 10.7. The van der Waals surface area contributed by atoms with E-state index >= 15 is 0 Å². The summed E-state index contributed by atoms with van der Waals surface area (Å²) >= 11 is 0. The molecule has 1 fully saturated rings. The van der Waals surface area contributed by atoms with Crippen molar-refractivity contribution in [2.24, 2.45) is 0 Å². The molecule has 1 aromatic heterocycles. The molecule has 2 heterocycles. The average Bonchev–Trinajstić information content (AvgIpc) is 3.29. The van der Waals surface area contributed by atoms with Gasteiger partial charge in [0.25, 0.3) is 5.91 Å². The van der Waals surface area contributed by atoms with Crippen LogP contribution in [0.25, 0.3) is 0 Å². The molecule has 33 heavy (non-hydrogen) atoms. The Balaban J connectivity index is 1.51. The quantitative estimate of drug-likeness (QED) is 0.517. The van der Waals surface area contributed by atoms with Crippen LogP contribution in [0, 0.1) is 0 Å². The lowest BCUT2D eigenvalue weighted by Crippen LogP contribution is -2.35. The number of nitrogens with one attached hydrogen (secondary N) is 1. The number of hydrogen-bond donors (Lipinski definition) is 1. The Kier molecular flexibility index (Phi) is 7.45. The van der Waals surface area contributed by atoms with Crippen molar-refractivity contribution < 1.29 is 9.53 Å². The summed E-state index contributed by atoms with van der Waals surface area (Å²) in [5.41, 5.74) is 3.92. The van der Waals surface area contributed by atoms with Crippen LogP contribution in [0.5, 0.6) is 5.75 Å². The summed E-state index contributed by atoms with van der Waals surface area (Å²) in [7, 11) is 1.85. The first-order chi connectivity index (χ1) is 16.0. The smallest absolute Gasteiger partial charge is 0.257 e. The van der Waals surface area contributed by atoms with Gasteiger partial charge in [0.1, 0.15) is 5.75 Å². The highest BCUT2D eigenvalue weighted by atomic mass is 16.5. The molecule has 6 heteroatoms. The summed E-state index contributed by atoms with van der Waals surface area (Å²) in [5.74, 6) is 0.900. The maximum atomic E-state index is 13.3. The van der Waals surface area contributed by atoms with E-state index in [0.717, 1.165) is 49.4 Å². The standard InChI is InChI=1S/C27H34N4O2/c1-20(2)33-23-13-9-12-22(16-23)19-31-15-8-7-14-25(31)26-24(17-28-29-26)27(32)30(3)18-21-10-5-4-6-11-21/h4-6,9-13,16-17,20,25H,7-8,14-15,18-19H2,1-3H3,(H,28,29). The second-order valence-corrected chi connectivity index (χ2v) is 9.14. The van der Waals surface area contributed by atoms with Crippen molar-refractivity contribution in [2.75, 3.05) is 13.6 Å². The van der Waals surface area contributed by atoms with Gasteiger partial charge < -0.3 is 9.64 Å². The third-order valence-electron chi connectivity index (χ3n) is 6.11. The molecule has 0 aliphatic carbocycles. The van der Waals surface area contributed by atoms with Crippen molar-refractivity contribution >= 4 is 5.91 Å².